The molecule has 18 heavy (non-hydrogen) atoms. The fourth-order valence-electron chi connectivity index (χ4n) is 2.28. The maximum Gasteiger partial charge on any atom is 0.407 e. The Bertz CT molecular complexity index is 216. The number of amides is 1. The Morgan fingerprint density at radius 2 is 2.22 bits per heavy atom. The lowest BCUT2D eigenvalue weighted by Gasteiger charge is -2.09. The Morgan fingerprint density at radius 3 is 2.94 bits per heavy atom. The third-order valence-electron chi connectivity index (χ3n) is 3.45. The van der Waals surface area contributed by atoms with Crippen LogP contribution in [-0.4, -0.2) is 32.3 Å². The van der Waals surface area contributed by atoms with Crippen molar-refractivity contribution in [1.82, 2.24) is 10.6 Å². The first-order chi connectivity index (χ1) is 8.83. The monoisotopic (exact) mass is 256 g/mol. The normalized spacial score (nSPS) is 18.8. The van der Waals surface area contributed by atoms with E-state index in [1.54, 1.807) is 0 Å². The Morgan fingerprint density at radius 1 is 1.33 bits per heavy atom. The van der Waals surface area contributed by atoms with Crippen molar-refractivity contribution < 1.29 is 9.53 Å². The van der Waals surface area contributed by atoms with Crippen LogP contribution in [0, 0.1) is 5.92 Å². The summed E-state index contributed by atoms with van der Waals surface area (Å²) in [6.45, 7) is 5.78. The minimum atomic E-state index is -0.256. The van der Waals surface area contributed by atoms with Gasteiger partial charge in [-0.05, 0) is 44.7 Å². The van der Waals surface area contributed by atoms with Gasteiger partial charge in [-0.25, -0.2) is 4.79 Å². The molecule has 4 nitrogen and oxygen atoms in total. The molecular weight excluding hydrogens is 228 g/mol. The molecule has 1 aliphatic heterocycles. The van der Waals surface area contributed by atoms with Gasteiger partial charge in [-0.2, -0.15) is 0 Å². The zero-order valence-corrected chi connectivity index (χ0v) is 11.7. The number of hydrogen-bond acceptors (Lipinski definition) is 3. The SMILES string of the molecule is CCCCCOC(=O)NCCCCC1CCNC1. The number of carbonyl (C=O) groups excluding carboxylic acids is 1. The van der Waals surface area contributed by atoms with Gasteiger partial charge in [0.25, 0.3) is 0 Å². The smallest absolute Gasteiger partial charge is 0.407 e. The number of rotatable bonds is 9. The van der Waals surface area contributed by atoms with Gasteiger partial charge in [-0.3, -0.25) is 0 Å². The van der Waals surface area contributed by atoms with E-state index in [0.29, 0.717) is 6.61 Å². The van der Waals surface area contributed by atoms with Gasteiger partial charge in [-0.15, -0.1) is 0 Å². The largest absolute Gasteiger partial charge is 0.450 e. The van der Waals surface area contributed by atoms with Crippen LogP contribution in [-0.2, 0) is 4.74 Å². The average Bonchev–Trinajstić information content (AvgIpc) is 2.87. The van der Waals surface area contributed by atoms with Gasteiger partial charge in [-0.1, -0.05) is 26.2 Å². The molecule has 1 saturated heterocycles. The highest BCUT2D eigenvalue weighted by Gasteiger charge is 2.13. The van der Waals surface area contributed by atoms with Crippen molar-refractivity contribution in [3.63, 3.8) is 0 Å². The van der Waals surface area contributed by atoms with Crippen LogP contribution in [0.4, 0.5) is 4.79 Å². The molecule has 2 N–H and O–H groups in total. The first-order valence-corrected chi connectivity index (χ1v) is 7.44. The standard InChI is InChI=1S/C14H28N2O2/c1-2-3-6-11-18-14(17)16-9-5-4-7-13-8-10-15-12-13/h13,15H,2-12H2,1H3,(H,16,17). The molecule has 1 aliphatic rings. The molecule has 0 aliphatic carbocycles. The molecule has 0 aromatic carbocycles. The molecule has 0 bridgehead atoms. The summed E-state index contributed by atoms with van der Waals surface area (Å²) in [5, 5.41) is 6.18. The highest BCUT2D eigenvalue weighted by Crippen LogP contribution is 2.14. The van der Waals surface area contributed by atoms with E-state index in [9.17, 15) is 4.79 Å². The second-order valence-corrected chi connectivity index (χ2v) is 5.12. The van der Waals surface area contributed by atoms with Crippen LogP contribution in [0.1, 0.15) is 51.9 Å². The van der Waals surface area contributed by atoms with E-state index in [4.69, 9.17) is 4.74 Å². The number of alkyl carbamates (subject to hydrolysis) is 1. The van der Waals surface area contributed by atoms with Gasteiger partial charge in [0, 0.05) is 6.54 Å². The molecule has 0 radical (unpaired) electrons. The van der Waals surface area contributed by atoms with E-state index in [1.165, 1.54) is 32.4 Å². The van der Waals surface area contributed by atoms with Crippen LogP contribution in [0.15, 0.2) is 0 Å². The topological polar surface area (TPSA) is 50.4 Å². The lowest BCUT2D eigenvalue weighted by Crippen LogP contribution is -2.25. The average molecular weight is 256 g/mol. The zero-order valence-electron chi connectivity index (χ0n) is 11.7. The lowest BCUT2D eigenvalue weighted by molar-refractivity contribution is 0.144. The third-order valence-corrected chi connectivity index (χ3v) is 3.45. The van der Waals surface area contributed by atoms with Crippen molar-refractivity contribution >= 4 is 6.09 Å². The van der Waals surface area contributed by atoms with Crippen LogP contribution in [0.5, 0.6) is 0 Å². The predicted molar refractivity (Wildman–Crippen MR) is 73.7 cm³/mol. The Hall–Kier alpha value is -0.770. The predicted octanol–water partition coefficient (Wildman–Crippen LogP) is 2.68. The molecule has 0 aromatic rings. The Labute approximate surface area is 111 Å². The first-order valence-electron chi connectivity index (χ1n) is 7.44. The molecule has 1 unspecified atom stereocenters. The van der Waals surface area contributed by atoms with E-state index in [1.807, 2.05) is 0 Å². The van der Waals surface area contributed by atoms with Crippen molar-refractivity contribution in [3.05, 3.63) is 0 Å². The molecule has 1 atom stereocenters. The van der Waals surface area contributed by atoms with Gasteiger partial charge >= 0.3 is 6.09 Å². The van der Waals surface area contributed by atoms with E-state index in [0.717, 1.165) is 38.1 Å². The first kappa shape index (κ1) is 15.3. The summed E-state index contributed by atoms with van der Waals surface area (Å²) >= 11 is 0. The molecule has 106 valence electrons. The zero-order chi connectivity index (χ0) is 13.1. The molecule has 1 fully saturated rings. The number of ether oxygens (including phenoxy) is 1. The molecule has 1 heterocycles. The fourth-order valence-corrected chi connectivity index (χ4v) is 2.28. The van der Waals surface area contributed by atoms with Crippen molar-refractivity contribution in [2.24, 2.45) is 5.92 Å². The maximum absolute atomic E-state index is 11.3. The molecule has 0 saturated carbocycles. The van der Waals surface area contributed by atoms with Crippen LogP contribution in [0.3, 0.4) is 0 Å². The summed E-state index contributed by atoms with van der Waals surface area (Å²) in [6.07, 6.45) is 7.84. The second-order valence-electron chi connectivity index (χ2n) is 5.12. The van der Waals surface area contributed by atoms with E-state index < -0.39 is 0 Å². The van der Waals surface area contributed by atoms with Crippen LogP contribution < -0.4 is 10.6 Å². The highest BCUT2D eigenvalue weighted by molar-refractivity contribution is 5.66. The molecular formula is C14H28N2O2. The third kappa shape index (κ3) is 7.54. The Kier molecular flexibility index (Phi) is 8.65. The quantitative estimate of drug-likeness (QED) is 0.624. The molecule has 4 heteroatoms. The lowest BCUT2D eigenvalue weighted by atomic mass is 10.0. The number of nitrogens with one attached hydrogen (secondary N) is 2. The van der Waals surface area contributed by atoms with Crippen LogP contribution >= 0.6 is 0 Å². The summed E-state index contributed by atoms with van der Waals surface area (Å²) < 4.78 is 5.06. The number of hydrogen-bond donors (Lipinski definition) is 2. The van der Waals surface area contributed by atoms with E-state index in [-0.39, 0.29) is 6.09 Å². The number of unbranched alkanes of at least 4 members (excludes halogenated alkanes) is 3. The minimum absolute atomic E-state index is 0.256. The Balaban J connectivity index is 1.82. The summed E-state index contributed by atoms with van der Waals surface area (Å²) in [5.41, 5.74) is 0. The second kappa shape index (κ2) is 10.2. The van der Waals surface area contributed by atoms with Crippen molar-refractivity contribution in [1.29, 1.82) is 0 Å². The summed E-state index contributed by atoms with van der Waals surface area (Å²) in [5.74, 6) is 0.853. The molecule has 0 spiro atoms. The van der Waals surface area contributed by atoms with Gasteiger partial charge in [0.15, 0.2) is 0 Å². The van der Waals surface area contributed by atoms with Crippen molar-refractivity contribution in [2.45, 2.75) is 51.9 Å². The van der Waals surface area contributed by atoms with Gasteiger partial charge in [0.1, 0.15) is 0 Å². The van der Waals surface area contributed by atoms with E-state index in [2.05, 4.69) is 17.6 Å². The van der Waals surface area contributed by atoms with Crippen molar-refractivity contribution in [3.8, 4) is 0 Å². The minimum Gasteiger partial charge on any atom is -0.450 e. The van der Waals surface area contributed by atoms with Crippen LogP contribution in [0.2, 0.25) is 0 Å². The van der Waals surface area contributed by atoms with Gasteiger partial charge < -0.3 is 15.4 Å². The van der Waals surface area contributed by atoms with Crippen molar-refractivity contribution in [2.75, 3.05) is 26.2 Å². The van der Waals surface area contributed by atoms with E-state index >= 15 is 0 Å². The summed E-state index contributed by atoms with van der Waals surface area (Å²) in [7, 11) is 0. The van der Waals surface area contributed by atoms with Gasteiger partial charge in [0.2, 0.25) is 0 Å². The van der Waals surface area contributed by atoms with Crippen LogP contribution in [0.25, 0.3) is 0 Å². The summed E-state index contributed by atoms with van der Waals surface area (Å²) in [4.78, 5) is 11.3. The summed E-state index contributed by atoms with van der Waals surface area (Å²) in [6, 6.07) is 0. The highest BCUT2D eigenvalue weighted by atomic mass is 16.5. The molecule has 1 rings (SSSR count). The fraction of sp³-hybridized carbons (Fsp3) is 0.929. The molecule has 1 amide bonds. The van der Waals surface area contributed by atoms with Gasteiger partial charge in [0.05, 0.1) is 6.61 Å². The molecule has 0 aromatic heterocycles. The number of carbonyl (C=O) groups is 1. The maximum atomic E-state index is 11.3.